The van der Waals surface area contributed by atoms with Crippen LogP contribution in [-0.2, 0) is 19.5 Å². The Kier molecular flexibility index (Phi) is 3.43. The van der Waals surface area contributed by atoms with Crippen LogP contribution in [0.2, 0.25) is 0 Å². The molecule has 0 N–H and O–H groups in total. The topological polar surface area (TPSA) is 52.7 Å². The van der Waals surface area contributed by atoms with E-state index in [1.165, 1.54) is 11.4 Å². The maximum atomic E-state index is 12.3. The van der Waals surface area contributed by atoms with E-state index in [4.69, 9.17) is 0 Å². The molecule has 0 atom stereocenters. The lowest BCUT2D eigenvalue weighted by atomic mass is 9.76. The molecule has 0 radical (unpaired) electrons. The van der Waals surface area contributed by atoms with Gasteiger partial charge in [0.05, 0.1) is 6.20 Å². The van der Waals surface area contributed by atoms with Gasteiger partial charge in [-0.1, -0.05) is 19.1 Å². The number of carbonyl (C=O) groups excluding carboxylic acids is 1. The molecule has 0 aliphatic heterocycles. The molecule has 3 rings (SSSR count). The second kappa shape index (κ2) is 5.13. The molecule has 0 amide bonds. The highest BCUT2D eigenvalue weighted by molar-refractivity contribution is 5.99. The summed E-state index contributed by atoms with van der Waals surface area (Å²) in [4.78, 5) is 12.3. The molecule has 0 unspecified atom stereocenters. The van der Waals surface area contributed by atoms with Gasteiger partial charge >= 0.3 is 0 Å². The number of aromatic nitrogens is 4. The molecule has 5 nitrogen and oxygen atoms in total. The highest BCUT2D eigenvalue weighted by Crippen LogP contribution is 2.36. The van der Waals surface area contributed by atoms with Crippen LogP contribution in [0.15, 0.2) is 18.5 Å². The van der Waals surface area contributed by atoms with E-state index in [0.29, 0.717) is 12.2 Å². The first kappa shape index (κ1) is 14.0. The van der Waals surface area contributed by atoms with E-state index in [0.717, 1.165) is 31.5 Å². The molecule has 2 aromatic heterocycles. The minimum atomic E-state index is 0.0680. The lowest BCUT2D eigenvalue weighted by Crippen LogP contribution is -2.28. The third-order valence-electron chi connectivity index (χ3n) is 4.24. The van der Waals surface area contributed by atoms with E-state index in [1.807, 2.05) is 10.9 Å². The van der Waals surface area contributed by atoms with Crippen molar-refractivity contribution in [2.75, 3.05) is 0 Å². The maximum absolute atomic E-state index is 12.3. The van der Waals surface area contributed by atoms with Crippen molar-refractivity contribution in [1.29, 1.82) is 0 Å². The fraction of sp³-hybridized carbons (Fsp3) is 0.562. The largest absolute Gasteiger partial charge is 0.348 e. The van der Waals surface area contributed by atoms with Crippen LogP contribution in [0.3, 0.4) is 0 Å². The zero-order valence-corrected chi connectivity index (χ0v) is 13.0. The van der Waals surface area contributed by atoms with Crippen LogP contribution in [0.4, 0.5) is 0 Å². The molecule has 0 saturated carbocycles. The van der Waals surface area contributed by atoms with Crippen LogP contribution in [0, 0.1) is 12.3 Å². The molecule has 0 bridgehead atoms. The standard InChI is InChI=1S/C16H22N4O/c1-12-9-13-14(10-16(2,3)11-15(13)21)20(12)7-4-6-19-8-5-17-18-19/h5,8-9H,4,6-7,10-11H2,1-3H3. The monoisotopic (exact) mass is 286 g/mol. The smallest absolute Gasteiger partial charge is 0.165 e. The van der Waals surface area contributed by atoms with Crippen LogP contribution in [-0.4, -0.2) is 25.3 Å². The molecular formula is C16H22N4O. The summed E-state index contributed by atoms with van der Waals surface area (Å²) in [5.41, 5.74) is 3.41. The number of aryl methyl sites for hydroxylation is 2. The first-order chi connectivity index (χ1) is 9.96. The van der Waals surface area contributed by atoms with Crippen molar-refractivity contribution in [2.24, 2.45) is 5.41 Å². The third kappa shape index (κ3) is 2.77. The zero-order valence-electron chi connectivity index (χ0n) is 13.0. The molecule has 0 fully saturated rings. The summed E-state index contributed by atoms with van der Waals surface area (Å²) < 4.78 is 4.16. The lowest BCUT2D eigenvalue weighted by molar-refractivity contribution is 0.0910. The predicted molar refractivity (Wildman–Crippen MR) is 80.2 cm³/mol. The van der Waals surface area contributed by atoms with E-state index in [2.05, 4.69) is 41.7 Å². The molecule has 2 aromatic rings. The number of carbonyl (C=O) groups is 1. The van der Waals surface area contributed by atoms with Crippen molar-refractivity contribution in [2.45, 2.75) is 53.1 Å². The average Bonchev–Trinajstić information content (AvgIpc) is 2.99. The van der Waals surface area contributed by atoms with Crippen LogP contribution in [0.25, 0.3) is 0 Å². The average molecular weight is 286 g/mol. The number of hydrogen-bond donors (Lipinski definition) is 0. The van der Waals surface area contributed by atoms with E-state index in [-0.39, 0.29) is 5.41 Å². The quantitative estimate of drug-likeness (QED) is 0.868. The fourth-order valence-corrected chi connectivity index (χ4v) is 3.26. The van der Waals surface area contributed by atoms with Gasteiger partial charge in [-0.25, -0.2) is 0 Å². The Morgan fingerprint density at radius 2 is 2.10 bits per heavy atom. The molecule has 5 heteroatoms. The summed E-state index contributed by atoms with van der Waals surface area (Å²) in [7, 11) is 0. The van der Waals surface area contributed by atoms with E-state index < -0.39 is 0 Å². The van der Waals surface area contributed by atoms with Gasteiger partial charge in [-0.3, -0.25) is 9.48 Å². The Bertz CT molecular complexity index is 652. The van der Waals surface area contributed by atoms with Crippen molar-refractivity contribution < 1.29 is 4.79 Å². The highest BCUT2D eigenvalue weighted by Gasteiger charge is 2.33. The Balaban J connectivity index is 1.78. The van der Waals surface area contributed by atoms with Gasteiger partial charge in [0.25, 0.3) is 0 Å². The van der Waals surface area contributed by atoms with Gasteiger partial charge in [0.2, 0.25) is 0 Å². The van der Waals surface area contributed by atoms with Crippen LogP contribution in [0.1, 0.15) is 48.4 Å². The van der Waals surface area contributed by atoms with Crippen LogP contribution in [0.5, 0.6) is 0 Å². The van der Waals surface area contributed by atoms with E-state index in [1.54, 1.807) is 6.20 Å². The minimum absolute atomic E-state index is 0.0680. The molecule has 0 aromatic carbocycles. The summed E-state index contributed by atoms with van der Waals surface area (Å²) in [6.07, 6.45) is 6.20. The SMILES string of the molecule is Cc1cc2c(n1CCCn1ccnn1)CC(C)(C)CC2=O. The summed E-state index contributed by atoms with van der Waals surface area (Å²) in [6.45, 7) is 8.22. The molecule has 1 aliphatic rings. The number of rotatable bonds is 4. The van der Waals surface area contributed by atoms with Gasteiger partial charge in [-0.05, 0) is 31.2 Å². The molecule has 112 valence electrons. The fourth-order valence-electron chi connectivity index (χ4n) is 3.26. The molecule has 0 spiro atoms. The van der Waals surface area contributed by atoms with Gasteiger partial charge in [0.15, 0.2) is 5.78 Å². The minimum Gasteiger partial charge on any atom is -0.348 e. The third-order valence-corrected chi connectivity index (χ3v) is 4.24. The van der Waals surface area contributed by atoms with Crippen LogP contribution < -0.4 is 0 Å². The van der Waals surface area contributed by atoms with Crippen molar-refractivity contribution in [3.8, 4) is 0 Å². The first-order valence-electron chi connectivity index (χ1n) is 7.53. The van der Waals surface area contributed by atoms with Crippen molar-refractivity contribution >= 4 is 5.78 Å². The van der Waals surface area contributed by atoms with Crippen molar-refractivity contribution in [1.82, 2.24) is 19.6 Å². The number of Topliss-reactive ketones (excluding diaryl/α,β-unsaturated/α-hetero) is 1. The molecule has 21 heavy (non-hydrogen) atoms. The van der Waals surface area contributed by atoms with E-state index in [9.17, 15) is 4.79 Å². The van der Waals surface area contributed by atoms with Crippen molar-refractivity contribution in [3.05, 3.63) is 35.4 Å². The molecular weight excluding hydrogens is 264 g/mol. The zero-order chi connectivity index (χ0) is 15.0. The lowest BCUT2D eigenvalue weighted by Gasteiger charge is -2.29. The summed E-state index contributed by atoms with van der Waals surface area (Å²) in [5.74, 6) is 0.291. The Morgan fingerprint density at radius 3 is 2.81 bits per heavy atom. The number of fused-ring (bicyclic) bond motifs is 1. The second-order valence-electron chi connectivity index (χ2n) is 6.76. The Hall–Kier alpha value is -1.91. The predicted octanol–water partition coefficient (Wildman–Crippen LogP) is 2.63. The summed E-state index contributed by atoms with van der Waals surface area (Å²) >= 11 is 0. The number of hydrogen-bond acceptors (Lipinski definition) is 3. The van der Waals surface area contributed by atoms with Gasteiger partial charge < -0.3 is 4.57 Å². The van der Waals surface area contributed by atoms with Gasteiger partial charge in [0, 0.05) is 42.7 Å². The first-order valence-corrected chi connectivity index (χ1v) is 7.53. The van der Waals surface area contributed by atoms with Gasteiger partial charge in [0.1, 0.15) is 0 Å². The van der Waals surface area contributed by atoms with Gasteiger partial charge in [-0.15, -0.1) is 5.10 Å². The molecule has 2 heterocycles. The highest BCUT2D eigenvalue weighted by atomic mass is 16.1. The number of nitrogens with zero attached hydrogens (tertiary/aromatic N) is 4. The molecule has 1 aliphatic carbocycles. The summed E-state index contributed by atoms with van der Waals surface area (Å²) in [6, 6.07) is 2.06. The number of ketones is 1. The maximum Gasteiger partial charge on any atom is 0.165 e. The van der Waals surface area contributed by atoms with E-state index >= 15 is 0 Å². The second-order valence-corrected chi connectivity index (χ2v) is 6.76. The normalized spacial score (nSPS) is 17.0. The summed E-state index contributed by atoms with van der Waals surface area (Å²) in [5, 5.41) is 7.80. The van der Waals surface area contributed by atoms with Gasteiger partial charge in [-0.2, -0.15) is 0 Å². The Morgan fingerprint density at radius 1 is 1.29 bits per heavy atom. The van der Waals surface area contributed by atoms with Crippen molar-refractivity contribution in [3.63, 3.8) is 0 Å². The Labute approximate surface area is 125 Å². The van der Waals surface area contributed by atoms with Crippen LogP contribution >= 0.6 is 0 Å². The molecule has 0 saturated heterocycles.